The van der Waals surface area contributed by atoms with Crippen LogP contribution in [-0.2, 0) is 6.42 Å². The predicted octanol–water partition coefficient (Wildman–Crippen LogP) is 5.78. The minimum absolute atomic E-state index is 0.115. The van der Waals surface area contributed by atoms with Crippen LogP contribution in [0, 0.1) is 17.2 Å². The van der Waals surface area contributed by atoms with Crippen LogP contribution in [0.4, 0.5) is 4.39 Å². The molecule has 0 nitrogen and oxygen atoms in total. The highest BCUT2D eigenvalue weighted by Gasteiger charge is 2.39. The van der Waals surface area contributed by atoms with Crippen LogP contribution >= 0.6 is 39.1 Å². The molecule has 0 N–H and O–H groups in total. The quantitative estimate of drug-likeness (QED) is 0.578. The van der Waals surface area contributed by atoms with E-state index >= 15 is 0 Å². The van der Waals surface area contributed by atoms with Crippen LogP contribution in [0.25, 0.3) is 0 Å². The summed E-state index contributed by atoms with van der Waals surface area (Å²) < 4.78 is 14.2. The standard InChI is InChI=1S/C15H18BrCl2F/c16-14-11(4-3-7-13(14)19)8-15(9-17,10-18)12-5-1-2-6-12/h3-4,7,12H,1-2,5-6,8-10H2. The molecule has 0 spiro atoms. The summed E-state index contributed by atoms with van der Waals surface area (Å²) in [5.41, 5.74) is 0.851. The zero-order chi connectivity index (χ0) is 13.9. The van der Waals surface area contributed by atoms with Crippen LogP contribution in [0.5, 0.6) is 0 Å². The van der Waals surface area contributed by atoms with Gasteiger partial charge in [0.2, 0.25) is 0 Å². The first-order valence-electron chi connectivity index (χ1n) is 6.68. The molecule has 0 bridgehead atoms. The van der Waals surface area contributed by atoms with E-state index in [0.717, 1.165) is 12.0 Å². The lowest BCUT2D eigenvalue weighted by Crippen LogP contribution is -2.35. The van der Waals surface area contributed by atoms with Gasteiger partial charge in [-0.15, -0.1) is 23.2 Å². The number of benzene rings is 1. The fraction of sp³-hybridized carbons (Fsp3) is 0.600. The molecule has 0 aliphatic heterocycles. The van der Waals surface area contributed by atoms with Crippen molar-refractivity contribution in [1.82, 2.24) is 0 Å². The first-order chi connectivity index (χ1) is 9.13. The first kappa shape index (κ1) is 15.6. The molecule has 1 fully saturated rings. The Morgan fingerprint density at radius 1 is 1.21 bits per heavy atom. The molecule has 2 rings (SSSR count). The second-order valence-electron chi connectivity index (χ2n) is 5.50. The van der Waals surface area contributed by atoms with Crippen molar-refractivity contribution >= 4 is 39.1 Å². The lowest BCUT2D eigenvalue weighted by atomic mass is 9.73. The lowest BCUT2D eigenvalue weighted by molar-refractivity contribution is 0.224. The van der Waals surface area contributed by atoms with Crippen molar-refractivity contribution < 1.29 is 4.39 Å². The Hall–Kier alpha value is 0.210. The van der Waals surface area contributed by atoms with Gasteiger partial charge in [-0.2, -0.15) is 0 Å². The molecular formula is C15H18BrCl2F. The van der Waals surface area contributed by atoms with Crippen LogP contribution in [0.15, 0.2) is 22.7 Å². The van der Waals surface area contributed by atoms with Crippen molar-refractivity contribution in [3.05, 3.63) is 34.1 Å². The Balaban J connectivity index is 2.27. The maximum absolute atomic E-state index is 13.6. The highest BCUT2D eigenvalue weighted by molar-refractivity contribution is 9.10. The summed E-state index contributed by atoms with van der Waals surface area (Å²) >= 11 is 15.8. The van der Waals surface area contributed by atoms with E-state index in [4.69, 9.17) is 23.2 Å². The molecule has 19 heavy (non-hydrogen) atoms. The highest BCUT2D eigenvalue weighted by atomic mass is 79.9. The van der Waals surface area contributed by atoms with Crippen LogP contribution in [-0.4, -0.2) is 11.8 Å². The third kappa shape index (κ3) is 3.28. The van der Waals surface area contributed by atoms with E-state index in [-0.39, 0.29) is 11.2 Å². The van der Waals surface area contributed by atoms with E-state index in [0.29, 0.717) is 22.2 Å². The number of halogens is 4. The average Bonchev–Trinajstić information content (AvgIpc) is 2.95. The van der Waals surface area contributed by atoms with Gasteiger partial charge in [-0.3, -0.25) is 0 Å². The molecule has 1 aliphatic carbocycles. The van der Waals surface area contributed by atoms with Gasteiger partial charge in [0.1, 0.15) is 5.82 Å². The summed E-state index contributed by atoms with van der Waals surface area (Å²) in [5.74, 6) is 1.40. The van der Waals surface area contributed by atoms with E-state index in [1.54, 1.807) is 6.07 Å². The number of hydrogen-bond donors (Lipinski definition) is 0. The molecule has 0 amide bonds. The summed E-state index contributed by atoms with van der Waals surface area (Å²) in [7, 11) is 0. The molecule has 1 aliphatic rings. The van der Waals surface area contributed by atoms with Crippen molar-refractivity contribution in [2.45, 2.75) is 32.1 Å². The van der Waals surface area contributed by atoms with Gasteiger partial charge >= 0.3 is 0 Å². The molecule has 106 valence electrons. The van der Waals surface area contributed by atoms with Gasteiger partial charge in [-0.05, 0) is 52.7 Å². The first-order valence-corrected chi connectivity index (χ1v) is 8.54. The van der Waals surface area contributed by atoms with Gasteiger partial charge in [-0.25, -0.2) is 4.39 Å². The van der Waals surface area contributed by atoms with Gasteiger partial charge in [0.15, 0.2) is 0 Å². The molecule has 4 heteroatoms. The van der Waals surface area contributed by atoms with Crippen molar-refractivity contribution in [2.75, 3.05) is 11.8 Å². The van der Waals surface area contributed by atoms with Crippen LogP contribution in [0.3, 0.4) is 0 Å². The molecule has 1 aromatic carbocycles. The van der Waals surface area contributed by atoms with E-state index in [2.05, 4.69) is 15.9 Å². The molecule has 0 aromatic heterocycles. The highest BCUT2D eigenvalue weighted by Crippen LogP contribution is 2.45. The van der Waals surface area contributed by atoms with Gasteiger partial charge in [0, 0.05) is 17.2 Å². The molecule has 0 heterocycles. The molecule has 0 radical (unpaired) electrons. The van der Waals surface area contributed by atoms with Gasteiger partial charge in [0.25, 0.3) is 0 Å². The monoisotopic (exact) mass is 366 g/mol. The summed E-state index contributed by atoms with van der Waals surface area (Å²) in [6, 6.07) is 5.17. The Morgan fingerprint density at radius 2 is 1.84 bits per heavy atom. The summed E-state index contributed by atoms with van der Waals surface area (Å²) in [4.78, 5) is 0. The van der Waals surface area contributed by atoms with Crippen LogP contribution < -0.4 is 0 Å². The summed E-state index contributed by atoms with van der Waals surface area (Å²) in [6.07, 6.45) is 5.62. The predicted molar refractivity (Wildman–Crippen MR) is 83.6 cm³/mol. The third-order valence-electron chi connectivity index (χ3n) is 4.33. The number of rotatable bonds is 5. The normalized spacial score (nSPS) is 17.1. The maximum atomic E-state index is 13.6. The smallest absolute Gasteiger partial charge is 0.137 e. The minimum atomic E-state index is -0.220. The average molecular weight is 368 g/mol. The van der Waals surface area contributed by atoms with Gasteiger partial charge in [-0.1, -0.05) is 25.0 Å². The third-order valence-corrected chi connectivity index (χ3v) is 6.28. The van der Waals surface area contributed by atoms with Crippen molar-refractivity contribution in [3.63, 3.8) is 0 Å². The fourth-order valence-electron chi connectivity index (χ4n) is 3.10. The zero-order valence-electron chi connectivity index (χ0n) is 10.8. The molecule has 1 aromatic rings. The zero-order valence-corrected chi connectivity index (χ0v) is 13.9. The van der Waals surface area contributed by atoms with Crippen LogP contribution in [0.1, 0.15) is 31.2 Å². The Kier molecular flexibility index (Phi) is 5.56. The Morgan fingerprint density at radius 3 is 2.42 bits per heavy atom. The Bertz CT molecular complexity index is 426. The fourth-order valence-corrected chi connectivity index (χ4v) is 4.41. The molecule has 0 saturated heterocycles. The van der Waals surface area contributed by atoms with Crippen molar-refractivity contribution in [1.29, 1.82) is 0 Å². The number of hydrogen-bond acceptors (Lipinski definition) is 0. The molecule has 1 saturated carbocycles. The van der Waals surface area contributed by atoms with E-state index < -0.39 is 0 Å². The molecule has 0 atom stereocenters. The van der Waals surface area contributed by atoms with Gasteiger partial charge < -0.3 is 0 Å². The lowest BCUT2D eigenvalue weighted by Gasteiger charge is -2.36. The maximum Gasteiger partial charge on any atom is 0.137 e. The summed E-state index contributed by atoms with van der Waals surface area (Å²) in [6.45, 7) is 0. The SMILES string of the molecule is Fc1cccc(CC(CCl)(CCl)C2CCCC2)c1Br. The summed E-state index contributed by atoms with van der Waals surface area (Å²) in [5, 5.41) is 0. The van der Waals surface area contributed by atoms with Crippen LogP contribution in [0.2, 0.25) is 0 Å². The second kappa shape index (κ2) is 6.78. The van der Waals surface area contributed by atoms with E-state index in [1.807, 2.05) is 6.07 Å². The van der Waals surface area contributed by atoms with E-state index in [1.165, 1.54) is 31.7 Å². The number of alkyl halides is 2. The van der Waals surface area contributed by atoms with E-state index in [9.17, 15) is 4.39 Å². The minimum Gasteiger partial charge on any atom is -0.206 e. The van der Waals surface area contributed by atoms with Crippen molar-refractivity contribution in [2.24, 2.45) is 11.3 Å². The largest absolute Gasteiger partial charge is 0.206 e. The van der Waals surface area contributed by atoms with Crippen molar-refractivity contribution in [3.8, 4) is 0 Å². The molecule has 0 unspecified atom stereocenters. The topological polar surface area (TPSA) is 0 Å². The van der Waals surface area contributed by atoms with Gasteiger partial charge in [0.05, 0.1) is 4.47 Å². The second-order valence-corrected chi connectivity index (χ2v) is 6.83. The Labute approximate surface area is 132 Å². The molecular weight excluding hydrogens is 350 g/mol.